The topological polar surface area (TPSA) is 65.5 Å². The number of pyridine rings is 1. The molecule has 0 spiro atoms. The standard InChI is InChI=1S/C23H28N4O2S/c1-26(2)15-20-16-27(14-18-8-4-3-5-9-18)17-21(20)25-30(28,29)22-12-6-10-19-11-7-13-24-23(19)22/h3-13,20-21,25H,14-17H2,1-2H3/t20-,21-/m1/s1. The Balaban J connectivity index is 1.57. The van der Waals surface area contributed by atoms with E-state index in [1.165, 1.54) is 5.56 Å². The predicted octanol–water partition coefficient (Wildman–Crippen LogP) is 2.58. The molecule has 4 rings (SSSR count). The molecule has 1 aliphatic heterocycles. The summed E-state index contributed by atoms with van der Waals surface area (Å²) in [6.07, 6.45) is 1.63. The van der Waals surface area contributed by atoms with Crippen molar-refractivity contribution in [2.45, 2.75) is 17.5 Å². The minimum absolute atomic E-state index is 0.153. The van der Waals surface area contributed by atoms with Crippen LogP contribution < -0.4 is 4.72 Å². The molecule has 7 heteroatoms. The third kappa shape index (κ3) is 4.70. The van der Waals surface area contributed by atoms with Crippen LogP contribution in [0.4, 0.5) is 0 Å². The largest absolute Gasteiger partial charge is 0.309 e. The van der Waals surface area contributed by atoms with Gasteiger partial charge in [-0.05, 0) is 31.8 Å². The molecular weight excluding hydrogens is 396 g/mol. The first-order valence-corrected chi connectivity index (χ1v) is 11.7. The van der Waals surface area contributed by atoms with Crippen LogP contribution in [0.15, 0.2) is 71.8 Å². The Morgan fingerprint density at radius 3 is 2.57 bits per heavy atom. The van der Waals surface area contributed by atoms with E-state index in [2.05, 4.69) is 31.6 Å². The van der Waals surface area contributed by atoms with Crippen LogP contribution in [-0.4, -0.2) is 63.0 Å². The van der Waals surface area contributed by atoms with Crippen molar-refractivity contribution in [3.8, 4) is 0 Å². The first-order valence-electron chi connectivity index (χ1n) is 10.2. The molecule has 1 N–H and O–H groups in total. The lowest BCUT2D eigenvalue weighted by atomic mass is 10.0. The Morgan fingerprint density at radius 2 is 1.80 bits per heavy atom. The van der Waals surface area contributed by atoms with E-state index in [9.17, 15) is 8.42 Å². The lowest BCUT2D eigenvalue weighted by Gasteiger charge is -2.23. The molecule has 1 aromatic heterocycles. The van der Waals surface area contributed by atoms with Crippen molar-refractivity contribution < 1.29 is 8.42 Å². The highest BCUT2D eigenvalue weighted by Crippen LogP contribution is 2.25. The Kier molecular flexibility index (Phi) is 6.15. The SMILES string of the molecule is CN(C)C[C@@H]1CN(Cc2ccccc2)C[C@H]1NS(=O)(=O)c1cccc2cccnc12. The number of hydrogen-bond acceptors (Lipinski definition) is 5. The molecule has 2 atom stereocenters. The van der Waals surface area contributed by atoms with Gasteiger partial charge in [-0.1, -0.05) is 48.5 Å². The van der Waals surface area contributed by atoms with Crippen LogP contribution in [-0.2, 0) is 16.6 Å². The summed E-state index contributed by atoms with van der Waals surface area (Å²) in [5.74, 6) is 0.210. The monoisotopic (exact) mass is 424 g/mol. The van der Waals surface area contributed by atoms with E-state index >= 15 is 0 Å². The minimum Gasteiger partial charge on any atom is -0.309 e. The third-order valence-electron chi connectivity index (χ3n) is 5.56. The number of para-hydroxylation sites is 1. The average molecular weight is 425 g/mol. The highest BCUT2D eigenvalue weighted by atomic mass is 32.2. The second-order valence-electron chi connectivity index (χ2n) is 8.26. The molecule has 0 bridgehead atoms. The summed E-state index contributed by atoms with van der Waals surface area (Å²) in [4.78, 5) is 9.02. The zero-order chi connectivity index (χ0) is 21.1. The highest BCUT2D eigenvalue weighted by Gasteiger charge is 2.36. The van der Waals surface area contributed by atoms with Crippen molar-refractivity contribution in [3.63, 3.8) is 0 Å². The van der Waals surface area contributed by atoms with Gasteiger partial charge in [-0.15, -0.1) is 0 Å². The summed E-state index contributed by atoms with van der Waals surface area (Å²) in [5, 5.41) is 0.822. The van der Waals surface area contributed by atoms with E-state index in [1.807, 2.05) is 50.5 Å². The summed E-state index contributed by atoms with van der Waals surface area (Å²) in [5.41, 5.74) is 1.75. The van der Waals surface area contributed by atoms with Crippen molar-refractivity contribution >= 4 is 20.9 Å². The lowest BCUT2D eigenvalue weighted by molar-refractivity contribution is 0.283. The smallest absolute Gasteiger partial charge is 0.243 e. The number of nitrogens with zero attached hydrogens (tertiary/aromatic N) is 3. The van der Waals surface area contributed by atoms with Crippen molar-refractivity contribution in [2.75, 3.05) is 33.7 Å². The number of rotatable bonds is 7. The Hall–Kier alpha value is -2.32. The van der Waals surface area contributed by atoms with Crippen LogP contribution in [0.2, 0.25) is 0 Å². The molecule has 2 heterocycles. The maximum absolute atomic E-state index is 13.3. The minimum atomic E-state index is -3.69. The van der Waals surface area contributed by atoms with Crippen LogP contribution in [0.1, 0.15) is 5.56 Å². The van der Waals surface area contributed by atoms with Gasteiger partial charge in [-0.25, -0.2) is 13.1 Å². The van der Waals surface area contributed by atoms with Crippen LogP contribution >= 0.6 is 0 Å². The van der Waals surface area contributed by atoms with Crippen LogP contribution in [0.25, 0.3) is 10.9 Å². The zero-order valence-corrected chi connectivity index (χ0v) is 18.2. The quantitative estimate of drug-likeness (QED) is 0.632. The van der Waals surface area contributed by atoms with Gasteiger partial charge < -0.3 is 4.90 Å². The Morgan fingerprint density at radius 1 is 1.03 bits per heavy atom. The molecule has 0 saturated carbocycles. The van der Waals surface area contributed by atoms with Crippen molar-refractivity contribution in [3.05, 3.63) is 72.4 Å². The first kappa shape index (κ1) is 20.9. The molecule has 2 aromatic carbocycles. The van der Waals surface area contributed by atoms with Gasteiger partial charge >= 0.3 is 0 Å². The van der Waals surface area contributed by atoms with E-state index in [0.29, 0.717) is 12.1 Å². The van der Waals surface area contributed by atoms with Gasteiger partial charge in [0, 0.05) is 49.7 Å². The van der Waals surface area contributed by atoms with Gasteiger partial charge in [-0.3, -0.25) is 9.88 Å². The summed E-state index contributed by atoms with van der Waals surface area (Å²) < 4.78 is 29.6. The highest BCUT2D eigenvalue weighted by molar-refractivity contribution is 7.89. The molecule has 0 radical (unpaired) electrons. The number of fused-ring (bicyclic) bond motifs is 1. The van der Waals surface area contributed by atoms with Gasteiger partial charge in [0.1, 0.15) is 4.90 Å². The number of hydrogen-bond donors (Lipinski definition) is 1. The summed E-state index contributed by atoms with van der Waals surface area (Å²) >= 11 is 0. The molecule has 158 valence electrons. The van der Waals surface area contributed by atoms with E-state index in [1.54, 1.807) is 18.3 Å². The number of likely N-dealkylation sites (tertiary alicyclic amines) is 1. The van der Waals surface area contributed by atoms with Gasteiger partial charge in [0.25, 0.3) is 0 Å². The Bertz CT molecular complexity index is 1100. The fraction of sp³-hybridized carbons (Fsp3) is 0.348. The maximum atomic E-state index is 13.3. The van der Waals surface area contributed by atoms with Crippen molar-refractivity contribution in [1.82, 2.24) is 19.5 Å². The number of sulfonamides is 1. The molecule has 3 aromatic rings. The normalized spacial score (nSPS) is 20.2. The fourth-order valence-corrected chi connectivity index (χ4v) is 5.75. The number of aromatic nitrogens is 1. The van der Waals surface area contributed by atoms with E-state index in [4.69, 9.17) is 0 Å². The molecule has 1 saturated heterocycles. The van der Waals surface area contributed by atoms with E-state index in [-0.39, 0.29) is 16.9 Å². The van der Waals surface area contributed by atoms with Crippen molar-refractivity contribution in [2.24, 2.45) is 5.92 Å². The fourth-order valence-electron chi connectivity index (χ4n) is 4.27. The molecule has 1 aliphatic rings. The van der Waals surface area contributed by atoms with Crippen LogP contribution in [0.5, 0.6) is 0 Å². The van der Waals surface area contributed by atoms with E-state index < -0.39 is 10.0 Å². The average Bonchev–Trinajstić information content (AvgIpc) is 3.07. The molecule has 0 unspecified atom stereocenters. The number of benzene rings is 2. The first-order chi connectivity index (χ1) is 14.4. The molecule has 30 heavy (non-hydrogen) atoms. The molecule has 6 nitrogen and oxygen atoms in total. The van der Waals surface area contributed by atoms with Gasteiger partial charge in [-0.2, -0.15) is 0 Å². The van der Waals surface area contributed by atoms with Gasteiger partial charge in [0.05, 0.1) is 5.52 Å². The van der Waals surface area contributed by atoms with Crippen LogP contribution in [0, 0.1) is 5.92 Å². The van der Waals surface area contributed by atoms with Gasteiger partial charge in [0.15, 0.2) is 0 Å². The molecular formula is C23H28N4O2S. The van der Waals surface area contributed by atoms with E-state index in [0.717, 1.165) is 25.0 Å². The van der Waals surface area contributed by atoms with Crippen LogP contribution in [0.3, 0.4) is 0 Å². The lowest BCUT2D eigenvalue weighted by Crippen LogP contribution is -2.43. The summed E-state index contributed by atoms with van der Waals surface area (Å²) in [6, 6.07) is 19.1. The van der Waals surface area contributed by atoms with Gasteiger partial charge in [0.2, 0.25) is 10.0 Å². The zero-order valence-electron chi connectivity index (χ0n) is 17.4. The number of nitrogens with one attached hydrogen (secondary N) is 1. The second-order valence-corrected chi connectivity index (χ2v) is 9.94. The molecule has 1 fully saturated rings. The predicted molar refractivity (Wildman–Crippen MR) is 120 cm³/mol. The third-order valence-corrected chi connectivity index (χ3v) is 7.08. The second kappa shape index (κ2) is 8.81. The molecule has 0 amide bonds. The summed E-state index contributed by atoms with van der Waals surface area (Å²) in [7, 11) is 0.363. The Labute approximate surface area is 178 Å². The van der Waals surface area contributed by atoms with Crippen molar-refractivity contribution in [1.29, 1.82) is 0 Å². The summed E-state index contributed by atoms with van der Waals surface area (Å²) in [6.45, 7) is 3.18. The maximum Gasteiger partial charge on any atom is 0.243 e. The molecule has 0 aliphatic carbocycles.